The van der Waals surface area contributed by atoms with Crippen LogP contribution in [0.15, 0.2) is 18.2 Å². The second-order valence-electron chi connectivity index (χ2n) is 5.10. The third-order valence-corrected chi connectivity index (χ3v) is 4.92. The van der Waals surface area contributed by atoms with Crippen LogP contribution in [-0.4, -0.2) is 46.1 Å². The molecule has 20 heavy (non-hydrogen) atoms. The van der Waals surface area contributed by atoms with E-state index in [2.05, 4.69) is 0 Å². The Hall–Kier alpha value is -1.76. The lowest BCUT2D eigenvalue weighted by Gasteiger charge is -2.18. The summed E-state index contributed by atoms with van der Waals surface area (Å²) < 4.78 is 28.0. The van der Waals surface area contributed by atoms with Crippen molar-refractivity contribution in [3.05, 3.63) is 23.8 Å². The highest BCUT2D eigenvalue weighted by atomic mass is 32.2. The van der Waals surface area contributed by atoms with Crippen molar-refractivity contribution >= 4 is 27.2 Å². The Kier molecular flexibility index (Phi) is 3.89. The second kappa shape index (κ2) is 5.32. The zero-order valence-electron chi connectivity index (χ0n) is 11.5. The number of carbonyl (C=O) groups is 1. The smallest absolute Gasteiger partial charge is 0.340 e. The number of ether oxygens (including phenoxy) is 1. The fraction of sp³-hybridized carbons (Fsp3) is 0.462. The summed E-state index contributed by atoms with van der Waals surface area (Å²) in [5.41, 5.74) is 7.19. The van der Waals surface area contributed by atoms with Crippen molar-refractivity contribution in [1.29, 1.82) is 0 Å². The summed E-state index contributed by atoms with van der Waals surface area (Å²) in [6.45, 7) is 0. The maximum atomic E-state index is 12.2. The Balaban J connectivity index is 2.19. The monoisotopic (exact) mass is 298 g/mol. The van der Waals surface area contributed by atoms with E-state index in [9.17, 15) is 13.2 Å². The Labute approximate surface area is 118 Å². The summed E-state index contributed by atoms with van der Waals surface area (Å²) in [7, 11) is 0.546. The van der Waals surface area contributed by atoms with Gasteiger partial charge in [0.1, 0.15) is 6.10 Å². The van der Waals surface area contributed by atoms with Gasteiger partial charge >= 0.3 is 5.97 Å². The van der Waals surface area contributed by atoms with Gasteiger partial charge in [-0.3, -0.25) is 0 Å². The van der Waals surface area contributed by atoms with Crippen molar-refractivity contribution in [3.8, 4) is 0 Å². The lowest BCUT2D eigenvalue weighted by atomic mass is 10.1. The molecule has 0 aromatic heterocycles. The third kappa shape index (κ3) is 3.22. The van der Waals surface area contributed by atoms with Gasteiger partial charge in [-0.25, -0.2) is 13.2 Å². The molecular weight excluding hydrogens is 280 g/mol. The van der Waals surface area contributed by atoms with Gasteiger partial charge < -0.3 is 15.4 Å². The van der Waals surface area contributed by atoms with Crippen molar-refractivity contribution in [2.24, 2.45) is 0 Å². The molecule has 1 atom stereocenters. The first-order valence-corrected chi connectivity index (χ1v) is 8.09. The zero-order chi connectivity index (χ0) is 14.9. The number of anilines is 2. The summed E-state index contributed by atoms with van der Waals surface area (Å²) in [5, 5.41) is 0. The first-order chi connectivity index (χ1) is 9.28. The van der Waals surface area contributed by atoms with E-state index in [4.69, 9.17) is 10.5 Å². The van der Waals surface area contributed by atoms with E-state index in [1.165, 1.54) is 0 Å². The van der Waals surface area contributed by atoms with Gasteiger partial charge in [0, 0.05) is 19.8 Å². The molecule has 1 aromatic carbocycles. The predicted molar refractivity (Wildman–Crippen MR) is 77.7 cm³/mol. The second-order valence-corrected chi connectivity index (χ2v) is 7.33. The summed E-state index contributed by atoms with van der Waals surface area (Å²) in [6, 6.07) is 4.98. The molecule has 1 heterocycles. The van der Waals surface area contributed by atoms with E-state index in [1.807, 2.05) is 14.1 Å². The van der Waals surface area contributed by atoms with Gasteiger partial charge in [-0.15, -0.1) is 0 Å². The molecule has 110 valence electrons. The quantitative estimate of drug-likeness (QED) is 0.652. The largest absolute Gasteiger partial charge is 0.458 e. The predicted octanol–water partition coefficient (Wildman–Crippen LogP) is 0.679. The molecule has 1 aromatic rings. The van der Waals surface area contributed by atoms with Crippen molar-refractivity contribution in [2.75, 3.05) is 36.2 Å². The number of nitrogen functional groups attached to an aromatic ring is 1. The van der Waals surface area contributed by atoms with Gasteiger partial charge in [0.15, 0.2) is 9.84 Å². The fourth-order valence-electron chi connectivity index (χ4n) is 2.18. The molecule has 1 unspecified atom stereocenters. The molecule has 6 nitrogen and oxygen atoms in total. The van der Waals surface area contributed by atoms with Gasteiger partial charge in [-0.2, -0.15) is 0 Å². The molecule has 0 radical (unpaired) electrons. The van der Waals surface area contributed by atoms with Crippen LogP contribution in [0.4, 0.5) is 11.4 Å². The highest BCUT2D eigenvalue weighted by Crippen LogP contribution is 2.24. The summed E-state index contributed by atoms with van der Waals surface area (Å²) in [5.74, 6) is -0.566. The molecule has 1 aliphatic rings. The van der Waals surface area contributed by atoms with Gasteiger partial charge in [0.2, 0.25) is 0 Å². The number of nitrogens with two attached hydrogens (primary N) is 1. The third-order valence-electron chi connectivity index (χ3n) is 3.19. The molecule has 1 fully saturated rings. The number of benzene rings is 1. The molecule has 0 bridgehead atoms. The highest BCUT2D eigenvalue weighted by Gasteiger charge is 2.31. The van der Waals surface area contributed by atoms with Gasteiger partial charge in [0.05, 0.1) is 22.8 Å². The molecule has 2 rings (SSSR count). The van der Waals surface area contributed by atoms with Crippen LogP contribution >= 0.6 is 0 Å². The Bertz CT molecular complexity index is 625. The molecule has 2 N–H and O–H groups in total. The van der Waals surface area contributed by atoms with Crippen molar-refractivity contribution in [1.82, 2.24) is 0 Å². The maximum absolute atomic E-state index is 12.2. The van der Waals surface area contributed by atoms with Crippen LogP contribution in [0, 0.1) is 0 Å². The van der Waals surface area contributed by atoms with Gasteiger partial charge in [-0.05, 0) is 24.6 Å². The normalized spacial score (nSPS) is 20.6. The van der Waals surface area contributed by atoms with E-state index < -0.39 is 21.9 Å². The Morgan fingerprint density at radius 1 is 1.40 bits per heavy atom. The van der Waals surface area contributed by atoms with Crippen LogP contribution in [-0.2, 0) is 14.6 Å². The maximum Gasteiger partial charge on any atom is 0.340 e. The highest BCUT2D eigenvalue weighted by molar-refractivity contribution is 7.91. The SMILES string of the molecule is CN(C)c1ccc(N)cc1C(=O)OC1CCS(=O)(=O)C1. The van der Waals surface area contributed by atoms with E-state index in [1.54, 1.807) is 23.1 Å². The Morgan fingerprint density at radius 3 is 2.65 bits per heavy atom. The first kappa shape index (κ1) is 14.6. The van der Waals surface area contributed by atoms with Crippen LogP contribution in [0.5, 0.6) is 0 Å². The van der Waals surface area contributed by atoms with Crippen LogP contribution < -0.4 is 10.6 Å². The van der Waals surface area contributed by atoms with Crippen LogP contribution in [0.25, 0.3) is 0 Å². The Morgan fingerprint density at radius 2 is 2.10 bits per heavy atom. The number of esters is 1. The van der Waals surface area contributed by atoms with Crippen LogP contribution in [0.2, 0.25) is 0 Å². The van der Waals surface area contributed by atoms with Crippen molar-refractivity contribution < 1.29 is 17.9 Å². The minimum atomic E-state index is -3.07. The number of nitrogens with zero attached hydrogens (tertiary/aromatic N) is 1. The summed E-state index contributed by atoms with van der Waals surface area (Å²) >= 11 is 0. The molecule has 0 amide bonds. The molecular formula is C13H18N2O4S. The van der Waals surface area contributed by atoms with E-state index in [0.29, 0.717) is 23.4 Å². The van der Waals surface area contributed by atoms with E-state index in [0.717, 1.165) is 0 Å². The van der Waals surface area contributed by atoms with Crippen molar-refractivity contribution in [3.63, 3.8) is 0 Å². The molecule has 0 spiro atoms. The van der Waals surface area contributed by atoms with Gasteiger partial charge in [0.25, 0.3) is 0 Å². The number of hydrogen-bond donors (Lipinski definition) is 1. The number of carbonyl (C=O) groups excluding carboxylic acids is 1. The number of hydrogen-bond acceptors (Lipinski definition) is 6. The van der Waals surface area contributed by atoms with Gasteiger partial charge in [-0.1, -0.05) is 0 Å². The van der Waals surface area contributed by atoms with E-state index in [-0.39, 0.29) is 11.5 Å². The molecule has 1 saturated heterocycles. The number of sulfone groups is 1. The van der Waals surface area contributed by atoms with Crippen LogP contribution in [0.1, 0.15) is 16.8 Å². The minimum absolute atomic E-state index is 0.0718. The average molecular weight is 298 g/mol. The molecule has 0 aliphatic carbocycles. The standard InChI is InChI=1S/C13H18N2O4S/c1-15(2)12-4-3-9(14)7-11(12)13(16)19-10-5-6-20(17,18)8-10/h3-4,7,10H,5-6,8,14H2,1-2H3. The lowest BCUT2D eigenvalue weighted by molar-refractivity contribution is 0.0357. The summed E-state index contributed by atoms with van der Waals surface area (Å²) in [4.78, 5) is 14.0. The lowest BCUT2D eigenvalue weighted by Crippen LogP contribution is -2.22. The summed E-state index contributed by atoms with van der Waals surface area (Å²) in [6.07, 6.45) is -0.211. The van der Waals surface area contributed by atoms with Crippen molar-refractivity contribution in [2.45, 2.75) is 12.5 Å². The van der Waals surface area contributed by atoms with E-state index >= 15 is 0 Å². The average Bonchev–Trinajstić information content (AvgIpc) is 2.68. The molecule has 0 saturated carbocycles. The minimum Gasteiger partial charge on any atom is -0.458 e. The molecule has 7 heteroatoms. The first-order valence-electron chi connectivity index (χ1n) is 6.27. The number of rotatable bonds is 3. The van der Waals surface area contributed by atoms with Crippen LogP contribution in [0.3, 0.4) is 0 Å². The topological polar surface area (TPSA) is 89.7 Å². The molecule has 1 aliphatic heterocycles. The zero-order valence-corrected chi connectivity index (χ0v) is 12.3. The fourth-order valence-corrected chi connectivity index (χ4v) is 3.77.